The van der Waals surface area contributed by atoms with Gasteiger partial charge >= 0.3 is 0 Å². The van der Waals surface area contributed by atoms with Crippen LogP contribution in [-0.4, -0.2) is 17.3 Å². The van der Waals surface area contributed by atoms with Gasteiger partial charge < -0.3 is 14.5 Å². The highest BCUT2D eigenvalue weighted by atomic mass is 16.5. The Hall–Kier alpha value is -3.08. The van der Waals surface area contributed by atoms with Crippen LogP contribution < -0.4 is 10.1 Å². The third-order valence-electron chi connectivity index (χ3n) is 6.67. The summed E-state index contributed by atoms with van der Waals surface area (Å²) in [6, 6.07) is 11.2. The Labute approximate surface area is 181 Å². The number of hydrogen-bond acceptors (Lipinski definition) is 4. The summed E-state index contributed by atoms with van der Waals surface area (Å²) in [6.45, 7) is 3.83. The molecule has 1 amide bonds. The Morgan fingerprint density at radius 1 is 0.968 bits per heavy atom. The number of amides is 1. The zero-order chi connectivity index (χ0) is 21.6. The lowest BCUT2D eigenvalue weighted by Gasteiger charge is -2.37. The standard InChI is InChI=1S/C26H27NO4/c1-16-7-9-18(10-8-16)27-25(29)24-17(2)22-20(30-24)11-12-21-23(22)19(28)15-26(31-21)13-5-3-4-6-14-26/h7-12H,3-6,13-15H2,1-2H3,(H,27,29). The summed E-state index contributed by atoms with van der Waals surface area (Å²) in [6.07, 6.45) is 6.83. The Kier molecular flexibility index (Phi) is 4.84. The summed E-state index contributed by atoms with van der Waals surface area (Å²) < 4.78 is 12.4. The van der Waals surface area contributed by atoms with Crippen LogP contribution in [0, 0.1) is 13.8 Å². The molecule has 0 radical (unpaired) electrons. The van der Waals surface area contributed by atoms with E-state index in [9.17, 15) is 9.59 Å². The molecule has 0 bridgehead atoms. The van der Waals surface area contributed by atoms with Crippen LogP contribution in [0.2, 0.25) is 0 Å². The van der Waals surface area contributed by atoms with E-state index in [0.29, 0.717) is 40.0 Å². The Morgan fingerprint density at radius 2 is 1.68 bits per heavy atom. The normalized spacial score (nSPS) is 17.8. The van der Waals surface area contributed by atoms with Crippen molar-refractivity contribution >= 4 is 28.3 Å². The predicted molar refractivity (Wildman–Crippen MR) is 120 cm³/mol. The predicted octanol–water partition coefficient (Wildman–Crippen LogP) is 6.36. The third-order valence-corrected chi connectivity index (χ3v) is 6.67. The lowest BCUT2D eigenvalue weighted by atomic mass is 9.83. The number of benzene rings is 2. The minimum absolute atomic E-state index is 0.0862. The van der Waals surface area contributed by atoms with Crippen LogP contribution in [0.15, 0.2) is 40.8 Å². The van der Waals surface area contributed by atoms with Gasteiger partial charge in [-0.2, -0.15) is 0 Å². The van der Waals surface area contributed by atoms with Gasteiger partial charge in [-0.1, -0.05) is 30.5 Å². The van der Waals surface area contributed by atoms with Gasteiger partial charge in [-0.25, -0.2) is 0 Å². The summed E-state index contributed by atoms with van der Waals surface area (Å²) in [7, 11) is 0. The Morgan fingerprint density at radius 3 is 2.39 bits per heavy atom. The molecule has 1 aromatic heterocycles. The van der Waals surface area contributed by atoms with Crippen LogP contribution in [0.4, 0.5) is 5.69 Å². The highest BCUT2D eigenvalue weighted by molar-refractivity contribution is 6.14. The lowest BCUT2D eigenvalue weighted by Crippen LogP contribution is -2.41. The van der Waals surface area contributed by atoms with Crippen molar-refractivity contribution in [2.45, 2.75) is 64.4 Å². The van der Waals surface area contributed by atoms with Crippen molar-refractivity contribution in [1.29, 1.82) is 0 Å². The van der Waals surface area contributed by atoms with Gasteiger partial charge in [-0.3, -0.25) is 9.59 Å². The molecule has 0 unspecified atom stereocenters. The number of rotatable bonds is 2. The van der Waals surface area contributed by atoms with E-state index in [-0.39, 0.29) is 23.1 Å². The number of nitrogens with one attached hydrogen (secondary N) is 1. The van der Waals surface area contributed by atoms with Gasteiger partial charge in [0.15, 0.2) is 11.5 Å². The monoisotopic (exact) mass is 417 g/mol. The maximum Gasteiger partial charge on any atom is 0.291 e. The maximum atomic E-state index is 13.3. The first-order valence-corrected chi connectivity index (χ1v) is 11.1. The molecule has 0 saturated heterocycles. The number of carbonyl (C=O) groups excluding carboxylic acids is 2. The molecule has 3 aromatic rings. The van der Waals surface area contributed by atoms with E-state index >= 15 is 0 Å². The first kappa shape index (κ1) is 19.9. The maximum absolute atomic E-state index is 13.3. The molecular weight excluding hydrogens is 390 g/mol. The average Bonchev–Trinajstić information content (AvgIpc) is 2.93. The smallest absolute Gasteiger partial charge is 0.291 e. The van der Waals surface area contributed by atoms with E-state index in [0.717, 1.165) is 31.2 Å². The number of ether oxygens (including phenoxy) is 1. The van der Waals surface area contributed by atoms with Crippen LogP contribution in [-0.2, 0) is 0 Å². The average molecular weight is 418 g/mol. The molecule has 31 heavy (non-hydrogen) atoms. The van der Waals surface area contributed by atoms with Gasteiger partial charge in [0.2, 0.25) is 0 Å². The quantitative estimate of drug-likeness (QED) is 0.527. The molecule has 1 aliphatic heterocycles. The highest BCUT2D eigenvalue weighted by Crippen LogP contribution is 2.44. The number of ketones is 1. The van der Waals surface area contributed by atoms with Crippen molar-refractivity contribution in [3.8, 4) is 5.75 Å². The van der Waals surface area contributed by atoms with Crippen molar-refractivity contribution in [2.75, 3.05) is 5.32 Å². The summed E-state index contributed by atoms with van der Waals surface area (Å²) in [5.41, 5.74) is 3.21. The number of aryl methyl sites for hydroxylation is 2. The molecule has 0 atom stereocenters. The molecule has 2 aliphatic rings. The van der Waals surface area contributed by atoms with Gasteiger partial charge in [-0.15, -0.1) is 0 Å². The molecule has 2 heterocycles. The first-order valence-electron chi connectivity index (χ1n) is 11.1. The van der Waals surface area contributed by atoms with Crippen molar-refractivity contribution in [2.24, 2.45) is 0 Å². The van der Waals surface area contributed by atoms with E-state index in [1.807, 2.05) is 50.2 Å². The molecule has 1 aliphatic carbocycles. The van der Waals surface area contributed by atoms with Gasteiger partial charge in [0, 0.05) is 16.6 Å². The van der Waals surface area contributed by atoms with Gasteiger partial charge in [0.05, 0.1) is 12.0 Å². The summed E-state index contributed by atoms with van der Waals surface area (Å²) >= 11 is 0. The largest absolute Gasteiger partial charge is 0.486 e. The van der Waals surface area contributed by atoms with E-state index in [1.165, 1.54) is 12.8 Å². The van der Waals surface area contributed by atoms with Crippen molar-refractivity contribution in [1.82, 2.24) is 0 Å². The molecule has 2 aromatic carbocycles. The topological polar surface area (TPSA) is 68.5 Å². The summed E-state index contributed by atoms with van der Waals surface area (Å²) in [4.78, 5) is 26.2. The van der Waals surface area contributed by atoms with Crippen LogP contribution in [0.5, 0.6) is 5.75 Å². The summed E-state index contributed by atoms with van der Waals surface area (Å²) in [5.74, 6) is 0.616. The molecular formula is C26H27NO4. The molecule has 5 nitrogen and oxygen atoms in total. The third kappa shape index (κ3) is 3.52. The summed E-state index contributed by atoms with van der Waals surface area (Å²) in [5, 5.41) is 3.58. The lowest BCUT2D eigenvalue weighted by molar-refractivity contribution is 0.0301. The fraction of sp³-hybridized carbons (Fsp3) is 0.385. The number of anilines is 1. The van der Waals surface area contributed by atoms with E-state index in [4.69, 9.17) is 9.15 Å². The number of Topliss-reactive ketones (excluding diaryl/α,β-unsaturated/α-hetero) is 1. The number of hydrogen-bond donors (Lipinski definition) is 1. The number of carbonyl (C=O) groups is 2. The van der Waals surface area contributed by atoms with E-state index in [2.05, 4.69) is 5.32 Å². The number of fused-ring (bicyclic) bond motifs is 3. The van der Waals surface area contributed by atoms with Gasteiger partial charge in [0.1, 0.15) is 16.9 Å². The molecule has 5 rings (SSSR count). The second-order valence-electron chi connectivity index (χ2n) is 8.99. The zero-order valence-electron chi connectivity index (χ0n) is 18.0. The van der Waals surface area contributed by atoms with Gasteiger partial charge in [0.25, 0.3) is 5.91 Å². The minimum Gasteiger partial charge on any atom is -0.486 e. The molecule has 5 heteroatoms. The molecule has 1 fully saturated rings. The Bertz CT molecular complexity index is 1160. The second kappa shape index (κ2) is 7.56. The van der Waals surface area contributed by atoms with Crippen molar-refractivity contribution in [3.63, 3.8) is 0 Å². The molecule has 1 saturated carbocycles. The van der Waals surface area contributed by atoms with Gasteiger partial charge in [-0.05, 0) is 63.8 Å². The van der Waals surface area contributed by atoms with Crippen molar-refractivity contribution < 1.29 is 18.7 Å². The molecule has 1 spiro atoms. The second-order valence-corrected chi connectivity index (χ2v) is 8.99. The fourth-order valence-electron chi connectivity index (χ4n) is 5.03. The van der Waals surface area contributed by atoms with Crippen LogP contribution in [0.1, 0.15) is 77.0 Å². The first-order chi connectivity index (χ1) is 15.0. The van der Waals surface area contributed by atoms with E-state index in [1.54, 1.807) is 0 Å². The Balaban J connectivity index is 1.51. The van der Waals surface area contributed by atoms with Crippen molar-refractivity contribution in [3.05, 3.63) is 58.8 Å². The SMILES string of the molecule is Cc1ccc(NC(=O)c2oc3ccc4c(c3c2C)C(=O)CC2(CCCCCC2)O4)cc1. The zero-order valence-corrected chi connectivity index (χ0v) is 18.0. The number of furan rings is 1. The minimum atomic E-state index is -0.377. The molecule has 160 valence electrons. The molecule has 1 N–H and O–H groups in total. The highest BCUT2D eigenvalue weighted by Gasteiger charge is 2.42. The van der Waals surface area contributed by atoms with Crippen LogP contribution in [0.3, 0.4) is 0 Å². The van der Waals surface area contributed by atoms with Crippen LogP contribution in [0.25, 0.3) is 11.0 Å². The van der Waals surface area contributed by atoms with E-state index < -0.39 is 0 Å². The van der Waals surface area contributed by atoms with Crippen LogP contribution >= 0.6 is 0 Å². The fourth-order valence-corrected chi connectivity index (χ4v) is 5.03.